The summed E-state index contributed by atoms with van der Waals surface area (Å²) in [5.41, 5.74) is 0.513. The molecule has 1 amide bonds. The number of aromatic nitrogens is 1. The molecule has 7 nitrogen and oxygen atoms in total. The first kappa shape index (κ1) is 17.7. The Bertz CT molecular complexity index is 649. The van der Waals surface area contributed by atoms with E-state index in [-0.39, 0.29) is 18.1 Å². The summed E-state index contributed by atoms with van der Waals surface area (Å²) >= 11 is 0. The minimum atomic E-state index is -0.322. The molecule has 4 rings (SSSR count). The van der Waals surface area contributed by atoms with E-state index in [4.69, 9.17) is 9.47 Å². The second-order valence-electron chi connectivity index (χ2n) is 7.54. The maximum Gasteiger partial charge on any atom is 0.259 e. The molecule has 1 aromatic rings. The summed E-state index contributed by atoms with van der Waals surface area (Å²) in [4.78, 5) is 21.4. The van der Waals surface area contributed by atoms with E-state index in [2.05, 4.69) is 9.88 Å². The number of rotatable bonds is 3. The third-order valence-electron chi connectivity index (χ3n) is 6.11. The summed E-state index contributed by atoms with van der Waals surface area (Å²) in [7, 11) is 1.53. The van der Waals surface area contributed by atoms with E-state index in [1.807, 2.05) is 4.90 Å². The van der Waals surface area contributed by atoms with Gasteiger partial charge < -0.3 is 19.5 Å². The minimum absolute atomic E-state index is 0.0261. The molecule has 142 valence electrons. The van der Waals surface area contributed by atoms with E-state index in [9.17, 15) is 9.90 Å². The van der Waals surface area contributed by atoms with Crippen molar-refractivity contribution in [1.82, 2.24) is 14.8 Å². The molecule has 1 N–H and O–H groups in total. The standard InChI is InChI=1S/C19H27N3O4/c1-25-18-15(3-2-4-20-18)19(24)22-11-13-9-16(17(23)10-14(13)12-22)21-5-7-26-8-6-21/h2-4,13-14,16-17,23H,5-12H2,1H3/t13-,14+,16-,17-/m1/s1. The van der Waals surface area contributed by atoms with E-state index in [0.717, 1.165) is 45.7 Å². The monoisotopic (exact) mass is 361 g/mol. The number of amides is 1. The summed E-state index contributed by atoms with van der Waals surface area (Å²) in [6.45, 7) is 4.69. The molecule has 0 radical (unpaired) electrons. The van der Waals surface area contributed by atoms with Crippen LogP contribution in [-0.2, 0) is 4.74 Å². The van der Waals surface area contributed by atoms with Gasteiger partial charge in [-0.15, -0.1) is 0 Å². The Kier molecular flexibility index (Phi) is 5.11. The van der Waals surface area contributed by atoms with Crippen molar-refractivity contribution >= 4 is 5.91 Å². The molecule has 1 saturated carbocycles. The molecule has 0 bridgehead atoms. The zero-order chi connectivity index (χ0) is 18.1. The van der Waals surface area contributed by atoms with Gasteiger partial charge in [-0.2, -0.15) is 0 Å². The fraction of sp³-hybridized carbons (Fsp3) is 0.684. The van der Waals surface area contributed by atoms with E-state index < -0.39 is 0 Å². The maximum absolute atomic E-state index is 13.0. The number of morpholine rings is 1. The topological polar surface area (TPSA) is 75.1 Å². The van der Waals surface area contributed by atoms with Crippen molar-refractivity contribution in [2.24, 2.45) is 11.8 Å². The molecule has 3 heterocycles. The lowest BCUT2D eigenvalue weighted by molar-refractivity contribution is -0.0520. The molecule has 0 aromatic carbocycles. The van der Waals surface area contributed by atoms with Crippen molar-refractivity contribution < 1.29 is 19.4 Å². The summed E-state index contributed by atoms with van der Waals surface area (Å²) in [6.07, 6.45) is 3.01. The van der Waals surface area contributed by atoms with Crippen LogP contribution >= 0.6 is 0 Å². The summed E-state index contributed by atoms with van der Waals surface area (Å²) in [6, 6.07) is 3.71. The van der Waals surface area contributed by atoms with Crippen molar-refractivity contribution in [2.75, 3.05) is 46.5 Å². The van der Waals surface area contributed by atoms with Gasteiger partial charge in [0.05, 0.1) is 26.4 Å². The van der Waals surface area contributed by atoms with Gasteiger partial charge in [0.25, 0.3) is 5.91 Å². The quantitative estimate of drug-likeness (QED) is 0.851. The first-order valence-corrected chi connectivity index (χ1v) is 9.45. The second kappa shape index (κ2) is 7.50. The molecule has 1 aromatic heterocycles. The van der Waals surface area contributed by atoms with E-state index >= 15 is 0 Å². The van der Waals surface area contributed by atoms with Gasteiger partial charge in [-0.25, -0.2) is 4.98 Å². The molecule has 4 atom stereocenters. The van der Waals surface area contributed by atoms with Crippen LogP contribution in [0.3, 0.4) is 0 Å². The molecule has 3 fully saturated rings. The van der Waals surface area contributed by atoms with Crippen LogP contribution in [0.25, 0.3) is 0 Å². The minimum Gasteiger partial charge on any atom is -0.480 e. The number of hydrogen-bond donors (Lipinski definition) is 1. The predicted molar refractivity (Wildman–Crippen MR) is 95.1 cm³/mol. The number of pyridine rings is 1. The molecule has 3 aliphatic rings. The van der Waals surface area contributed by atoms with Gasteiger partial charge in [-0.3, -0.25) is 9.69 Å². The molecule has 26 heavy (non-hydrogen) atoms. The Hall–Kier alpha value is -1.70. The number of hydrogen-bond acceptors (Lipinski definition) is 6. The number of ether oxygens (including phenoxy) is 2. The van der Waals surface area contributed by atoms with Crippen LogP contribution in [0.1, 0.15) is 23.2 Å². The number of nitrogens with zero attached hydrogens (tertiary/aromatic N) is 3. The highest BCUT2D eigenvalue weighted by Crippen LogP contribution is 2.39. The third-order valence-corrected chi connectivity index (χ3v) is 6.11. The lowest BCUT2D eigenvalue weighted by Gasteiger charge is -2.43. The normalized spacial score (nSPS) is 32.3. The fourth-order valence-corrected chi connectivity index (χ4v) is 4.76. The van der Waals surface area contributed by atoms with Crippen LogP contribution in [0.4, 0.5) is 0 Å². The molecule has 2 aliphatic heterocycles. The number of carbonyl (C=O) groups is 1. The van der Waals surface area contributed by atoms with Gasteiger partial charge in [0, 0.05) is 38.4 Å². The van der Waals surface area contributed by atoms with Gasteiger partial charge in [0.1, 0.15) is 5.56 Å². The molecule has 2 saturated heterocycles. The van der Waals surface area contributed by atoms with Crippen molar-refractivity contribution in [3.05, 3.63) is 23.9 Å². The number of carbonyl (C=O) groups excluding carboxylic acids is 1. The summed E-state index contributed by atoms with van der Waals surface area (Å²) in [5, 5.41) is 10.7. The van der Waals surface area contributed by atoms with Crippen LogP contribution in [0.2, 0.25) is 0 Å². The Morgan fingerprint density at radius 1 is 1.27 bits per heavy atom. The largest absolute Gasteiger partial charge is 0.480 e. The van der Waals surface area contributed by atoms with Gasteiger partial charge in [-0.1, -0.05) is 0 Å². The number of methoxy groups -OCH3 is 1. The highest BCUT2D eigenvalue weighted by molar-refractivity contribution is 5.96. The third kappa shape index (κ3) is 3.31. The highest BCUT2D eigenvalue weighted by atomic mass is 16.5. The number of aliphatic hydroxyl groups excluding tert-OH is 1. The number of fused-ring (bicyclic) bond motifs is 1. The van der Waals surface area contributed by atoms with Crippen LogP contribution < -0.4 is 4.74 Å². The van der Waals surface area contributed by atoms with Crippen molar-refractivity contribution in [2.45, 2.75) is 25.0 Å². The van der Waals surface area contributed by atoms with Crippen LogP contribution in [0.5, 0.6) is 5.88 Å². The molecule has 0 spiro atoms. The molecular formula is C19H27N3O4. The first-order chi connectivity index (χ1) is 12.7. The van der Waals surface area contributed by atoms with Crippen LogP contribution in [-0.4, -0.2) is 84.4 Å². The summed E-state index contributed by atoms with van der Waals surface area (Å²) < 4.78 is 10.7. The summed E-state index contributed by atoms with van der Waals surface area (Å²) in [5.74, 6) is 1.16. The Balaban J connectivity index is 1.45. The SMILES string of the molecule is COc1ncccc1C(=O)N1C[C@H]2C[C@@H](N3CCOCC3)[C@H](O)C[C@H]2C1. The Labute approximate surface area is 153 Å². The predicted octanol–water partition coefficient (Wildman–Crippen LogP) is 0.634. The molecule has 0 unspecified atom stereocenters. The lowest BCUT2D eigenvalue weighted by atomic mass is 9.77. The second-order valence-corrected chi connectivity index (χ2v) is 7.54. The zero-order valence-electron chi connectivity index (χ0n) is 15.2. The van der Waals surface area contributed by atoms with E-state index in [1.54, 1.807) is 18.3 Å². The van der Waals surface area contributed by atoms with Crippen LogP contribution in [0, 0.1) is 11.8 Å². The van der Waals surface area contributed by atoms with Crippen molar-refractivity contribution in [3.8, 4) is 5.88 Å². The average molecular weight is 361 g/mol. The number of aliphatic hydroxyl groups is 1. The molecule has 7 heteroatoms. The van der Waals surface area contributed by atoms with Crippen LogP contribution in [0.15, 0.2) is 18.3 Å². The Morgan fingerprint density at radius 3 is 2.73 bits per heavy atom. The number of likely N-dealkylation sites (tertiary alicyclic amines) is 1. The van der Waals surface area contributed by atoms with Crippen molar-refractivity contribution in [1.29, 1.82) is 0 Å². The zero-order valence-corrected chi connectivity index (χ0v) is 15.2. The fourth-order valence-electron chi connectivity index (χ4n) is 4.76. The molecular weight excluding hydrogens is 334 g/mol. The lowest BCUT2D eigenvalue weighted by Crippen LogP contribution is -2.53. The molecule has 1 aliphatic carbocycles. The van der Waals surface area contributed by atoms with Gasteiger partial charge in [0.2, 0.25) is 5.88 Å². The first-order valence-electron chi connectivity index (χ1n) is 9.45. The van der Waals surface area contributed by atoms with Gasteiger partial charge in [0.15, 0.2) is 0 Å². The van der Waals surface area contributed by atoms with E-state index in [1.165, 1.54) is 7.11 Å². The average Bonchev–Trinajstić information content (AvgIpc) is 3.10. The van der Waals surface area contributed by atoms with Crippen molar-refractivity contribution in [3.63, 3.8) is 0 Å². The smallest absolute Gasteiger partial charge is 0.259 e. The highest BCUT2D eigenvalue weighted by Gasteiger charge is 2.45. The van der Waals surface area contributed by atoms with Gasteiger partial charge >= 0.3 is 0 Å². The Morgan fingerprint density at radius 2 is 2.00 bits per heavy atom. The van der Waals surface area contributed by atoms with Gasteiger partial charge in [-0.05, 0) is 36.8 Å². The van der Waals surface area contributed by atoms with E-state index in [0.29, 0.717) is 29.8 Å². The maximum atomic E-state index is 13.0.